The Hall–Kier alpha value is -3.11. The van der Waals surface area contributed by atoms with Crippen LogP contribution in [0, 0.1) is 27.7 Å². The molecule has 0 spiro atoms. The predicted molar refractivity (Wildman–Crippen MR) is 138 cm³/mol. The molecular weight excluding hydrogens is 406 g/mol. The van der Waals surface area contributed by atoms with Gasteiger partial charge in [0.2, 0.25) is 0 Å². The minimum atomic E-state index is -0.0313. The summed E-state index contributed by atoms with van der Waals surface area (Å²) >= 11 is 0. The van der Waals surface area contributed by atoms with Crippen LogP contribution in [0.15, 0.2) is 36.4 Å². The fourth-order valence-electron chi connectivity index (χ4n) is 5.82. The first-order valence-electron chi connectivity index (χ1n) is 12.0. The normalized spacial score (nSPS) is 18.1. The van der Waals surface area contributed by atoms with E-state index in [0.29, 0.717) is 5.92 Å². The monoisotopic (exact) mass is 439 g/mol. The number of likely N-dealkylation sites (tertiary alicyclic amines) is 1. The summed E-state index contributed by atoms with van der Waals surface area (Å²) in [7, 11) is 2.20. The maximum Gasteiger partial charge on any atom is 0.256 e. The third-order valence-electron chi connectivity index (χ3n) is 7.53. The van der Waals surface area contributed by atoms with Gasteiger partial charge in [-0.15, -0.1) is 0 Å². The van der Waals surface area contributed by atoms with Crippen LogP contribution in [0.2, 0.25) is 0 Å². The lowest BCUT2D eigenvalue weighted by molar-refractivity contribution is -0.110. The molecule has 1 saturated heterocycles. The van der Waals surface area contributed by atoms with E-state index in [0.717, 1.165) is 41.2 Å². The Kier molecular flexibility index (Phi) is 5.49. The smallest absolute Gasteiger partial charge is 0.256 e. The Morgan fingerprint density at radius 3 is 2.30 bits per heavy atom. The second-order valence-corrected chi connectivity index (χ2v) is 9.79. The van der Waals surface area contributed by atoms with Crippen molar-refractivity contribution in [3.63, 3.8) is 0 Å². The van der Waals surface area contributed by atoms with Crippen molar-refractivity contribution in [3.8, 4) is 11.1 Å². The highest BCUT2D eigenvalue weighted by Crippen LogP contribution is 2.43. The first-order valence-corrected chi connectivity index (χ1v) is 12.0. The number of aryl methyl sites for hydroxylation is 3. The third kappa shape index (κ3) is 3.72. The zero-order valence-electron chi connectivity index (χ0n) is 20.3. The molecular formula is C29H33N3O. The summed E-state index contributed by atoms with van der Waals surface area (Å²) in [4.78, 5) is 19.2. The standard InChI is InChI=1S/C29H33N3O/c1-17-8-6-9-18(2)26(17)22-10-7-11-24-28(22)23(29(33)31-24)16-25-19(3)27(20(4)30-25)21-12-14-32(5)15-13-21/h6-11,16,21,30H,12-15H2,1-5H3,(H,31,33). The van der Waals surface area contributed by atoms with Crippen LogP contribution in [0.1, 0.15) is 58.0 Å². The molecule has 2 aromatic carbocycles. The van der Waals surface area contributed by atoms with Gasteiger partial charge in [-0.3, -0.25) is 4.79 Å². The van der Waals surface area contributed by atoms with Crippen molar-refractivity contribution in [2.75, 3.05) is 25.5 Å². The Balaban J connectivity index is 1.62. The summed E-state index contributed by atoms with van der Waals surface area (Å²) in [5, 5.41) is 3.10. The Labute approximate surface area is 196 Å². The zero-order chi connectivity index (χ0) is 23.3. The van der Waals surface area contributed by atoms with E-state index in [1.165, 1.54) is 46.4 Å². The minimum absolute atomic E-state index is 0.0313. The van der Waals surface area contributed by atoms with Crippen LogP contribution in [-0.4, -0.2) is 35.9 Å². The molecule has 2 aliphatic rings. The summed E-state index contributed by atoms with van der Waals surface area (Å²) in [5.74, 6) is 0.552. The number of nitrogens with one attached hydrogen (secondary N) is 2. The van der Waals surface area contributed by atoms with Gasteiger partial charge in [-0.25, -0.2) is 0 Å². The second kappa shape index (κ2) is 8.35. The maximum atomic E-state index is 13.1. The van der Waals surface area contributed by atoms with Gasteiger partial charge < -0.3 is 15.2 Å². The summed E-state index contributed by atoms with van der Waals surface area (Å²) in [6.07, 6.45) is 4.44. The molecule has 3 aromatic rings. The number of amides is 1. The number of aromatic nitrogens is 1. The van der Waals surface area contributed by atoms with E-state index in [4.69, 9.17) is 0 Å². The topological polar surface area (TPSA) is 48.1 Å². The molecule has 4 nitrogen and oxygen atoms in total. The summed E-state index contributed by atoms with van der Waals surface area (Å²) < 4.78 is 0. The molecule has 2 N–H and O–H groups in total. The van der Waals surface area contributed by atoms with Crippen molar-refractivity contribution >= 4 is 23.2 Å². The highest BCUT2D eigenvalue weighted by Gasteiger charge is 2.29. The molecule has 4 heteroatoms. The Morgan fingerprint density at radius 1 is 0.939 bits per heavy atom. The highest BCUT2D eigenvalue weighted by atomic mass is 16.2. The van der Waals surface area contributed by atoms with E-state index >= 15 is 0 Å². The summed E-state index contributed by atoms with van der Waals surface area (Å²) in [5.41, 5.74) is 12.4. The van der Waals surface area contributed by atoms with Gasteiger partial charge >= 0.3 is 0 Å². The van der Waals surface area contributed by atoms with Gasteiger partial charge in [0.25, 0.3) is 5.91 Å². The number of H-pyrrole nitrogens is 1. The van der Waals surface area contributed by atoms with Crippen LogP contribution in [0.5, 0.6) is 0 Å². The van der Waals surface area contributed by atoms with Gasteiger partial charge in [-0.05, 0) is 112 Å². The maximum absolute atomic E-state index is 13.1. The van der Waals surface area contributed by atoms with Crippen molar-refractivity contribution in [1.29, 1.82) is 0 Å². The average Bonchev–Trinajstić information content (AvgIpc) is 3.24. The first kappa shape index (κ1) is 21.7. The molecule has 1 aromatic heterocycles. The van der Waals surface area contributed by atoms with E-state index in [9.17, 15) is 4.79 Å². The van der Waals surface area contributed by atoms with Crippen molar-refractivity contribution < 1.29 is 4.79 Å². The molecule has 0 bridgehead atoms. The molecule has 5 rings (SSSR count). The second-order valence-electron chi connectivity index (χ2n) is 9.79. The van der Waals surface area contributed by atoms with Crippen molar-refractivity contribution in [1.82, 2.24) is 9.88 Å². The Morgan fingerprint density at radius 2 is 1.61 bits per heavy atom. The van der Waals surface area contributed by atoms with E-state index in [1.807, 2.05) is 12.1 Å². The zero-order valence-corrected chi connectivity index (χ0v) is 20.3. The van der Waals surface area contributed by atoms with E-state index in [2.05, 4.69) is 80.3 Å². The summed E-state index contributed by atoms with van der Waals surface area (Å²) in [6.45, 7) is 10.9. The number of fused-ring (bicyclic) bond motifs is 1. The number of aromatic amines is 1. The molecule has 33 heavy (non-hydrogen) atoms. The van der Waals surface area contributed by atoms with Crippen LogP contribution < -0.4 is 5.32 Å². The SMILES string of the molecule is Cc1cccc(C)c1-c1cccc2c1C(=Cc1[nH]c(C)c(C3CCN(C)CC3)c1C)C(=O)N2. The summed E-state index contributed by atoms with van der Waals surface area (Å²) in [6, 6.07) is 12.5. The largest absolute Gasteiger partial charge is 0.359 e. The lowest BCUT2D eigenvalue weighted by Gasteiger charge is -2.29. The predicted octanol–water partition coefficient (Wildman–Crippen LogP) is 6.22. The number of anilines is 1. The number of hydrogen-bond acceptors (Lipinski definition) is 2. The minimum Gasteiger partial charge on any atom is -0.359 e. The molecule has 2 aliphatic heterocycles. The number of nitrogens with zero attached hydrogens (tertiary/aromatic N) is 1. The van der Waals surface area contributed by atoms with Crippen molar-refractivity contribution in [2.45, 2.75) is 46.5 Å². The molecule has 170 valence electrons. The van der Waals surface area contributed by atoms with Crippen LogP contribution >= 0.6 is 0 Å². The fraction of sp³-hybridized carbons (Fsp3) is 0.345. The number of benzene rings is 2. The molecule has 3 heterocycles. The molecule has 0 unspecified atom stereocenters. The van der Waals surface area contributed by atoms with E-state index in [-0.39, 0.29) is 5.91 Å². The van der Waals surface area contributed by atoms with Gasteiger partial charge in [0.05, 0.1) is 5.57 Å². The molecule has 0 radical (unpaired) electrons. The van der Waals surface area contributed by atoms with Crippen LogP contribution in [0.4, 0.5) is 5.69 Å². The van der Waals surface area contributed by atoms with Crippen LogP contribution in [0.25, 0.3) is 22.8 Å². The lowest BCUT2D eigenvalue weighted by Crippen LogP contribution is -2.29. The van der Waals surface area contributed by atoms with Gasteiger partial charge in [-0.1, -0.05) is 30.3 Å². The number of hydrogen-bond donors (Lipinski definition) is 2. The van der Waals surface area contributed by atoms with Crippen molar-refractivity contribution in [2.24, 2.45) is 0 Å². The lowest BCUT2D eigenvalue weighted by atomic mass is 9.86. The molecule has 1 amide bonds. The number of rotatable bonds is 3. The molecule has 0 atom stereocenters. The average molecular weight is 440 g/mol. The number of carbonyl (C=O) groups is 1. The van der Waals surface area contributed by atoms with Gasteiger partial charge in [-0.2, -0.15) is 0 Å². The van der Waals surface area contributed by atoms with Crippen molar-refractivity contribution in [3.05, 3.63) is 75.6 Å². The fourth-order valence-corrected chi connectivity index (χ4v) is 5.82. The number of carbonyl (C=O) groups excluding carboxylic acids is 1. The van der Waals surface area contributed by atoms with E-state index < -0.39 is 0 Å². The molecule has 0 aliphatic carbocycles. The van der Waals surface area contributed by atoms with Crippen LogP contribution in [-0.2, 0) is 4.79 Å². The third-order valence-corrected chi connectivity index (χ3v) is 7.53. The van der Waals surface area contributed by atoms with Gasteiger partial charge in [0.15, 0.2) is 0 Å². The molecule has 1 fully saturated rings. The first-order chi connectivity index (χ1) is 15.8. The number of piperidine rings is 1. The Bertz CT molecular complexity index is 1250. The highest BCUT2D eigenvalue weighted by molar-refractivity contribution is 6.36. The molecule has 0 saturated carbocycles. The van der Waals surface area contributed by atoms with E-state index in [1.54, 1.807) is 0 Å². The quantitative estimate of drug-likeness (QED) is 0.476. The van der Waals surface area contributed by atoms with Crippen LogP contribution in [0.3, 0.4) is 0 Å². The van der Waals surface area contributed by atoms with Gasteiger partial charge in [0.1, 0.15) is 0 Å². The van der Waals surface area contributed by atoms with Gasteiger partial charge in [0, 0.05) is 22.6 Å².